The Hall–Kier alpha value is -2.57. The van der Waals surface area contributed by atoms with Crippen LogP contribution in [0.15, 0.2) is 47.4 Å². The second kappa shape index (κ2) is 7.98. The van der Waals surface area contributed by atoms with Gasteiger partial charge in [-0.1, -0.05) is 47.5 Å². The molecule has 0 spiro atoms. The van der Waals surface area contributed by atoms with E-state index >= 15 is 0 Å². The van der Waals surface area contributed by atoms with Gasteiger partial charge in [-0.25, -0.2) is 0 Å². The van der Waals surface area contributed by atoms with E-state index in [2.05, 4.69) is 5.32 Å². The molecule has 1 N–H and O–H groups in total. The van der Waals surface area contributed by atoms with Crippen molar-refractivity contribution < 1.29 is 14.4 Å². The van der Waals surface area contributed by atoms with Crippen LogP contribution in [-0.4, -0.2) is 28.5 Å². The summed E-state index contributed by atoms with van der Waals surface area (Å²) in [6.45, 7) is 3.45. The molecule has 0 aliphatic carbocycles. The Kier molecular flexibility index (Phi) is 5.68. The predicted molar refractivity (Wildman–Crippen MR) is 109 cm³/mol. The van der Waals surface area contributed by atoms with Crippen LogP contribution >= 0.6 is 23.4 Å². The summed E-state index contributed by atoms with van der Waals surface area (Å²) < 4.78 is 0. The van der Waals surface area contributed by atoms with Crippen molar-refractivity contribution in [3.05, 3.63) is 69.1 Å². The molecular weight excluding hydrogens is 384 g/mol. The molecule has 0 bridgehead atoms. The molecule has 1 aliphatic rings. The summed E-state index contributed by atoms with van der Waals surface area (Å²) >= 11 is 6.77. The molecule has 1 saturated heterocycles. The molecule has 138 valence electrons. The summed E-state index contributed by atoms with van der Waals surface area (Å²) in [7, 11) is 0. The Morgan fingerprint density at radius 1 is 1.15 bits per heavy atom. The van der Waals surface area contributed by atoms with Gasteiger partial charge in [-0.3, -0.25) is 19.3 Å². The molecule has 2 aromatic carbocycles. The maximum atomic E-state index is 12.5. The summed E-state index contributed by atoms with van der Waals surface area (Å²) in [5.74, 6) is -0.928. The van der Waals surface area contributed by atoms with E-state index < -0.39 is 17.1 Å². The number of hydrogen-bond donors (Lipinski definition) is 1. The van der Waals surface area contributed by atoms with Crippen LogP contribution in [0, 0.1) is 13.8 Å². The highest BCUT2D eigenvalue weighted by Crippen LogP contribution is 2.32. The number of rotatable bonds is 4. The largest absolute Gasteiger partial charge is 0.324 e. The molecule has 1 fully saturated rings. The summed E-state index contributed by atoms with van der Waals surface area (Å²) in [6, 6.07) is 12.7. The second-order valence-corrected chi connectivity index (χ2v) is 7.62. The van der Waals surface area contributed by atoms with Crippen molar-refractivity contribution in [1.82, 2.24) is 4.90 Å². The molecule has 2 aromatic rings. The third-order valence-corrected chi connectivity index (χ3v) is 5.17. The van der Waals surface area contributed by atoms with Crippen LogP contribution in [0.25, 0.3) is 6.08 Å². The van der Waals surface area contributed by atoms with E-state index in [0.29, 0.717) is 15.6 Å². The number of aryl methyl sites for hydroxylation is 2. The Morgan fingerprint density at radius 2 is 1.85 bits per heavy atom. The molecule has 5 nitrogen and oxygen atoms in total. The average molecular weight is 401 g/mol. The number of anilines is 1. The number of nitrogens with zero attached hydrogens (tertiary/aromatic N) is 1. The van der Waals surface area contributed by atoms with Crippen molar-refractivity contribution in [3.63, 3.8) is 0 Å². The zero-order chi connectivity index (χ0) is 19.6. The van der Waals surface area contributed by atoms with Crippen LogP contribution in [0.3, 0.4) is 0 Å². The lowest BCUT2D eigenvalue weighted by atomic mass is 10.1. The zero-order valence-corrected chi connectivity index (χ0v) is 16.4. The van der Waals surface area contributed by atoms with Gasteiger partial charge in [0.15, 0.2) is 0 Å². The summed E-state index contributed by atoms with van der Waals surface area (Å²) in [5.41, 5.74) is 3.31. The average Bonchev–Trinajstić information content (AvgIpc) is 2.87. The first kappa shape index (κ1) is 19.2. The standard InChI is InChI=1S/C20H17ClN2O3S/c1-12-3-6-14(7-4-12)9-17-19(25)23(20(26)27-17)11-18(24)22-16-10-15(21)8-5-13(16)2/h3-10H,11H2,1-2H3,(H,22,24)/b17-9+. The lowest BCUT2D eigenvalue weighted by Gasteiger charge is -2.13. The first-order valence-corrected chi connectivity index (χ1v) is 9.41. The number of carbonyl (C=O) groups is 3. The number of benzene rings is 2. The number of amides is 3. The fraction of sp³-hybridized carbons (Fsp3) is 0.150. The van der Waals surface area contributed by atoms with E-state index in [1.807, 2.05) is 38.1 Å². The Morgan fingerprint density at radius 3 is 2.56 bits per heavy atom. The number of carbonyl (C=O) groups excluding carboxylic acids is 3. The molecule has 3 amide bonds. The Labute approximate surface area is 166 Å². The number of nitrogens with one attached hydrogen (secondary N) is 1. The third-order valence-electron chi connectivity index (χ3n) is 4.02. The highest BCUT2D eigenvalue weighted by atomic mass is 35.5. The summed E-state index contributed by atoms with van der Waals surface area (Å²) in [6.07, 6.45) is 1.66. The minimum Gasteiger partial charge on any atom is -0.324 e. The van der Waals surface area contributed by atoms with Gasteiger partial charge < -0.3 is 5.32 Å². The van der Waals surface area contributed by atoms with E-state index in [9.17, 15) is 14.4 Å². The van der Waals surface area contributed by atoms with E-state index in [0.717, 1.165) is 33.4 Å². The van der Waals surface area contributed by atoms with Crippen molar-refractivity contribution in [1.29, 1.82) is 0 Å². The van der Waals surface area contributed by atoms with Gasteiger partial charge >= 0.3 is 0 Å². The van der Waals surface area contributed by atoms with Crippen molar-refractivity contribution in [2.75, 3.05) is 11.9 Å². The minimum absolute atomic E-state index is 0.301. The molecule has 0 radical (unpaired) electrons. The van der Waals surface area contributed by atoms with Crippen molar-refractivity contribution in [2.24, 2.45) is 0 Å². The van der Waals surface area contributed by atoms with E-state index in [-0.39, 0.29) is 6.54 Å². The first-order chi connectivity index (χ1) is 12.8. The highest BCUT2D eigenvalue weighted by molar-refractivity contribution is 8.18. The van der Waals surface area contributed by atoms with E-state index in [4.69, 9.17) is 11.6 Å². The molecule has 3 rings (SSSR count). The molecule has 1 aliphatic heterocycles. The monoisotopic (exact) mass is 400 g/mol. The number of thioether (sulfide) groups is 1. The van der Waals surface area contributed by atoms with Crippen LogP contribution in [0.5, 0.6) is 0 Å². The molecule has 1 heterocycles. The Bertz CT molecular complexity index is 954. The first-order valence-electron chi connectivity index (χ1n) is 8.21. The number of halogens is 1. The lowest BCUT2D eigenvalue weighted by Crippen LogP contribution is -2.36. The quantitative estimate of drug-likeness (QED) is 0.759. The Balaban J connectivity index is 1.71. The molecule has 27 heavy (non-hydrogen) atoms. The maximum absolute atomic E-state index is 12.5. The zero-order valence-electron chi connectivity index (χ0n) is 14.8. The molecule has 0 unspecified atom stereocenters. The highest BCUT2D eigenvalue weighted by Gasteiger charge is 2.36. The smallest absolute Gasteiger partial charge is 0.294 e. The minimum atomic E-state index is -0.469. The van der Waals surface area contributed by atoms with Crippen LogP contribution in [0.4, 0.5) is 10.5 Å². The normalized spacial score (nSPS) is 15.5. The fourth-order valence-corrected chi connectivity index (χ4v) is 3.52. The van der Waals surface area contributed by atoms with Gasteiger partial charge in [-0.05, 0) is 54.9 Å². The third kappa shape index (κ3) is 4.59. The van der Waals surface area contributed by atoms with E-state index in [1.54, 1.807) is 24.3 Å². The molecular formula is C20H17ClN2O3S. The molecule has 0 saturated carbocycles. The van der Waals surface area contributed by atoms with Crippen molar-refractivity contribution >= 4 is 52.2 Å². The van der Waals surface area contributed by atoms with Gasteiger partial charge in [0, 0.05) is 10.7 Å². The van der Waals surface area contributed by atoms with Crippen LogP contribution in [0.1, 0.15) is 16.7 Å². The van der Waals surface area contributed by atoms with Crippen LogP contribution < -0.4 is 5.32 Å². The van der Waals surface area contributed by atoms with E-state index in [1.165, 1.54) is 0 Å². The van der Waals surface area contributed by atoms with Crippen LogP contribution in [-0.2, 0) is 9.59 Å². The van der Waals surface area contributed by atoms with Gasteiger partial charge in [0.2, 0.25) is 5.91 Å². The van der Waals surface area contributed by atoms with Gasteiger partial charge in [0.05, 0.1) is 4.91 Å². The van der Waals surface area contributed by atoms with Crippen molar-refractivity contribution in [3.8, 4) is 0 Å². The maximum Gasteiger partial charge on any atom is 0.294 e. The summed E-state index contributed by atoms with van der Waals surface area (Å²) in [4.78, 5) is 38.2. The fourth-order valence-electron chi connectivity index (χ4n) is 2.51. The van der Waals surface area contributed by atoms with Gasteiger partial charge in [-0.15, -0.1) is 0 Å². The van der Waals surface area contributed by atoms with Gasteiger partial charge in [-0.2, -0.15) is 0 Å². The predicted octanol–water partition coefficient (Wildman–Crippen LogP) is 4.63. The number of hydrogen-bond acceptors (Lipinski definition) is 4. The topological polar surface area (TPSA) is 66.5 Å². The van der Waals surface area contributed by atoms with Gasteiger partial charge in [0.1, 0.15) is 6.54 Å². The van der Waals surface area contributed by atoms with Crippen molar-refractivity contribution in [2.45, 2.75) is 13.8 Å². The SMILES string of the molecule is Cc1ccc(/C=C2/SC(=O)N(CC(=O)Nc3cc(Cl)ccc3C)C2=O)cc1. The van der Waals surface area contributed by atoms with Gasteiger partial charge in [0.25, 0.3) is 11.1 Å². The molecule has 0 atom stereocenters. The lowest BCUT2D eigenvalue weighted by molar-refractivity contribution is -0.127. The molecule has 0 aromatic heterocycles. The second-order valence-electron chi connectivity index (χ2n) is 6.19. The number of imide groups is 1. The summed E-state index contributed by atoms with van der Waals surface area (Å²) in [5, 5.41) is 2.72. The van der Waals surface area contributed by atoms with Crippen LogP contribution in [0.2, 0.25) is 5.02 Å². The molecule has 7 heteroatoms.